The molecule has 7 heteroatoms. The molecule has 1 aliphatic heterocycles. The van der Waals surface area contributed by atoms with Gasteiger partial charge in [-0.2, -0.15) is 0 Å². The Hall–Kier alpha value is -1.50. The Bertz CT molecular complexity index is 524. The summed E-state index contributed by atoms with van der Waals surface area (Å²) < 4.78 is 13.7. The quantitative estimate of drug-likeness (QED) is 0.485. The zero-order chi connectivity index (χ0) is 14.0. The second-order valence-corrected chi connectivity index (χ2v) is 5.26. The topological polar surface area (TPSA) is 63.5 Å². The summed E-state index contributed by atoms with van der Waals surface area (Å²) in [7, 11) is 0. The number of nitrogens with zero attached hydrogens (tertiary/aromatic N) is 2. The van der Waals surface area contributed by atoms with Gasteiger partial charge in [-0.15, -0.1) is 0 Å². The van der Waals surface area contributed by atoms with E-state index in [2.05, 4.69) is 15.9 Å². The van der Waals surface area contributed by atoms with Crippen LogP contribution in [0.4, 0.5) is 15.8 Å². The second-order valence-electron chi connectivity index (χ2n) is 4.40. The van der Waals surface area contributed by atoms with Crippen LogP contribution in [0.25, 0.3) is 0 Å². The van der Waals surface area contributed by atoms with Gasteiger partial charge < -0.3 is 9.69 Å². The predicted molar refractivity (Wildman–Crippen MR) is 71.8 cm³/mol. The number of rotatable bonds is 3. The highest BCUT2D eigenvalue weighted by Gasteiger charge is 2.29. The molecule has 1 aliphatic rings. The van der Waals surface area contributed by atoms with Crippen molar-refractivity contribution in [1.82, 2.24) is 0 Å². The van der Waals surface area contributed by atoms with Crippen LogP contribution in [0.3, 0.4) is 0 Å². The Labute approximate surface area is 117 Å². The van der Waals surface area contributed by atoms with Crippen molar-refractivity contribution in [1.29, 1.82) is 0 Å². The number of aldehydes is 1. The minimum atomic E-state index is -0.573. The number of hydrogen-bond acceptors (Lipinski definition) is 4. The largest absolute Gasteiger partial charge is 0.356 e. The molecule has 1 aromatic rings. The summed E-state index contributed by atoms with van der Waals surface area (Å²) in [4.78, 5) is 23.2. The minimum absolute atomic E-state index is 0.0441. The number of carbonyl (C=O) groups excluding carboxylic acids is 1. The van der Waals surface area contributed by atoms with Crippen molar-refractivity contribution in [2.45, 2.75) is 25.3 Å². The van der Waals surface area contributed by atoms with Gasteiger partial charge in [-0.1, -0.05) is 0 Å². The van der Waals surface area contributed by atoms with E-state index < -0.39 is 16.8 Å². The highest BCUT2D eigenvalue weighted by atomic mass is 79.9. The fraction of sp³-hybridized carbons (Fsp3) is 0.417. The molecule has 0 saturated carbocycles. The van der Waals surface area contributed by atoms with Gasteiger partial charge in [0.2, 0.25) is 0 Å². The van der Waals surface area contributed by atoms with E-state index in [-0.39, 0.29) is 15.8 Å². The second kappa shape index (κ2) is 5.64. The lowest BCUT2D eigenvalue weighted by Gasteiger charge is -2.33. The SMILES string of the molecule is O=CC1CCCCN1c1cc(F)c(Br)cc1[N+](=O)[O-]. The Morgan fingerprint density at radius 1 is 1.47 bits per heavy atom. The van der Waals surface area contributed by atoms with E-state index in [0.717, 1.165) is 31.3 Å². The predicted octanol–water partition coefficient (Wildman–Crippen LogP) is 3.05. The molecular formula is C12H12BrFN2O3. The van der Waals surface area contributed by atoms with Crippen LogP contribution in [0.5, 0.6) is 0 Å². The molecule has 1 saturated heterocycles. The summed E-state index contributed by atoms with van der Waals surface area (Å²) in [6.45, 7) is 0.519. The molecule has 0 spiro atoms. The molecular weight excluding hydrogens is 319 g/mol. The third-order valence-electron chi connectivity index (χ3n) is 3.23. The van der Waals surface area contributed by atoms with Crippen LogP contribution >= 0.6 is 15.9 Å². The van der Waals surface area contributed by atoms with Crippen molar-refractivity contribution in [3.8, 4) is 0 Å². The summed E-state index contributed by atoms with van der Waals surface area (Å²) in [5, 5.41) is 11.1. The van der Waals surface area contributed by atoms with Crippen LogP contribution in [0.15, 0.2) is 16.6 Å². The molecule has 0 radical (unpaired) electrons. The van der Waals surface area contributed by atoms with Crippen molar-refractivity contribution in [3.63, 3.8) is 0 Å². The minimum Gasteiger partial charge on any atom is -0.356 e. The van der Waals surface area contributed by atoms with Crippen LogP contribution < -0.4 is 4.90 Å². The summed E-state index contributed by atoms with van der Waals surface area (Å²) in [6, 6.07) is 1.83. The van der Waals surface area contributed by atoms with Gasteiger partial charge in [0.15, 0.2) is 0 Å². The number of nitro benzene ring substituents is 1. The van der Waals surface area contributed by atoms with Gasteiger partial charge in [0.05, 0.1) is 15.4 Å². The average molecular weight is 331 g/mol. The Morgan fingerprint density at radius 3 is 2.84 bits per heavy atom. The lowest BCUT2D eigenvalue weighted by atomic mass is 10.0. The van der Waals surface area contributed by atoms with Gasteiger partial charge in [-0.3, -0.25) is 10.1 Å². The molecule has 1 unspecified atom stereocenters. The summed E-state index contributed by atoms with van der Waals surface area (Å²) in [5.41, 5.74) is -0.0236. The summed E-state index contributed by atoms with van der Waals surface area (Å²) in [5.74, 6) is -0.573. The highest BCUT2D eigenvalue weighted by molar-refractivity contribution is 9.10. The maximum Gasteiger partial charge on any atom is 0.293 e. The van der Waals surface area contributed by atoms with Gasteiger partial charge in [0.1, 0.15) is 17.8 Å². The summed E-state index contributed by atoms with van der Waals surface area (Å²) >= 11 is 2.94. The van der Waals surface area contributed by atoms with Crippen molar-refractivity contribution in [3.05, 3.63) is 32.5 Å². The Kier molecular flexibility index (Phi) is 4.14. The van der Waals surface area contributed by atoms with E-state index in [9.17, 15) is 19.3 Å². The number of carbonyl (C=O) groups is 1. The standard InChI is InChI=1S/C12H12BrFN2O3/c13-9-5-12(16(18)19)11(6-10(9)14)15-4-2-1-3-8(15)7-17/h5-8H,1-4H2. The molecule has 0 aromatic heterocycles. The molecule has 0 amide bonds. The first kappa shape index (κ1) is 13.9. The molecule has 0 N–H and O–H groups in total. The maximum absolute atomic E-state index is 13.6. The third-order valence-corrected chi connectivity index (χ3v) is 3.84. The van der Waals surface area contributed by atoms with Crippen LogP contribution in [-0.2, 0) is 4.79 Å². The zero-order valence-corrected chi connectivity index (χ0v) is 11.6. The normalized spacial score (nSPS) is 19.3. The molecule has 102 valence electrons. The number of hydrogen-bond donors (Lipinski definition) is 0. The van der Waals surface area contributed by atoms with Crippen molar-refractivity contribution < 1.29 is 14.1 Å². The molecule has 5 nitrogen and oxygen atoms in total. The smallest absolute Gasteiger partial charge is 0.293 e. The number of halogens is 2. The van der Waals surface area contributed by atoms with E-state index in [4.69, 9.17) is 0 Å². The van der Waals surface area contributed by atoms with Crippen molar-refractivity contribution in [2.75, 3.05) is 11.4 Å². The van der Waals surface area contributed by atoms with E-state index in [0.29, 0.717) is 13.0 Å². The molecule has 1 aromatic carbocycles. The average Bonchev–Trinajstić information content (AvgIpc) is 2.41. The lowest BCUT2D eigenvalue weighted by molar-refractivity contribution is -0.384. The van der Waals surface area contributed by atoms with Crippen LogP contribution in [0.2, 0.25) is 0 Å². The highest BCUT2D eigenvalue weighted by Crippen LogP contribution is 2.36. The molecule has 0 bridgehead atoms. The van der Waals surface area contributed by atoms with E-state index in [1.165, 1.54) is 0 Å². The Balaban J connectivity index is 2.50. The van der Waals surface area contributed by atoms with Gasteiger partial charge >= 0.3 is 0 Å². The monoisotopic (exact) mass is 330 g/mol. The van der Waals surface area contributed by atoms with E-state index in [1.54, 1.807) is 4.90 Å². The fourth-order valence-electron chi connectivity index (χ4n) is 2.30. The molecule has 2 rings (SSSR count). The first-order valence-corrected chi connectivity index (χ1v) is 6.69. The van der Waals surface area contributed by atoms with Crippen molar-refractivity contribution >= 4 is 33.6 Å². The van der Waals surface area contributed by atoms with Crippen molar-refractivity contribution in [2.24, 2.45) is 0 Å². The van der Waals surface area contributed by atoms with Gasteiger partial charge in [-0.05, 0) is 35.2 Å². The first-order chi connectivity index (χ1) is 9.04. The Morgan fingerprint density at radius 2 is 2.21 bits per heavy atom. The first-order valence-electron chi connectivity index (χ1n) is 5.90. The van der Waals surface area contributed by atoms with Gasteiger partial charge in [0, 0.05) is 18.7 Å². The van der Waals surface area contributed by atoms with E-state index >= 15 is 0 Å². The van der Waals surface area contributed by atoms with Crippen LogP contribution in [0.1, 0.15) is 19.3 Å². The number of anilines is 1. The molecule has 1 heterocycles. The zero-order valence-electron chi connectivity index (χ0n) is 10.0. The number of benzene rings is 1. The molecule has 1 atom stereocenters. The van der Waals surface area contributed by atoms with Crippen LogP contribution in [0, 0.1) is 15.9 Å². The molecule has 0 aliphatic carbocycles. The molecule has 19 heavy (non-hydrogen) atoms. The van der Waals surface area contributed by atoms with Gasteiger partial charge in [0.25, 0.3) is 5.69 Å². The number of nitro groups is 1. The number of piperidine rings is 1. The third kappa shape index (κ3) is 2.75. The fourth-order valence-corrected chi connectivity index (χ4v) is 2.63. The van der Waals surface area contributed by atoms with Gasteiger partial charge in [-0.25, -0.2) is 4.39 Å². The lowest BCUT2D eigenvalue weighted by Crippen LogP contribution is -2.41. The van der Waals surface area contributed by atoms with E-state index in [1.807, 2.05) is 0 Å². The maximum atomic E-state index is 13.6. The molecule has 1 fully saturated rings. The summed E-state index contributed by atoms with van der Waals surface area (Å²) in [6.07, 6.45) is 3.13. The van der Waals surface area contributed by atoms with Crippen LogP contribution in [-0.4, -0.2) is 23.8 Å².